The molecule has 0 saturated heterocycles. The van der Waals surface area contributed by atoms with Crippen LogP contribution in [0.5, 0.6) is 0 Å². The number of nitrogens with zero attached hydrogens (tertiary/aromatic N) is 3. The van der Waals surface area contributed by atoms with E-state index in [1.54, 1.807) is 24.3 Å². The first kappa shape index (κ1) is 17.6. The van der Waals surface area contributed by atoms with Gasteiger partial charge < -0.3 is 10.2 Å². The molecule has 6 heteroatoms. The van der Waals surface area contributed by atoms with Crippen molar-refractivity contribution in [2.24, 2.45) is 0 Å². The van der Waals surface area contributed by atoms with E-state index in [1.807, 2.05) is 0 Å². The van der Waals surface area contributed by atoms with Crippen LogP contribution in [0, 0.1) is 10.1 Å². The van der Waals surface area contributed by atoms with Crippen molar-refractivity contribution < 1.29 is 4.92 Å². The normalized spacial score (nSPS) is 16.6. The van der Waals surface area contributed by atoms with Gasteiger partial charge in [0.05, 0.1) is 22.9 Å². The van der Waals surface area contributed by atoms with Gasteiger partial charge in [-0.3, -0.25) is 15.1 Å². The number of nitro groups is 1. The molecule has 1 aromatic heterocycles. The standard InChI is InChI=1S/C23H20N4O2/c28-27(29)21-9-7-16(8-10-21)11-22-23-17-3-1-4-18(23)14-26(22)15-20-6-2-5-19(25-20)13-24-12-17/h1-11,24H,12-15H2/b22-11+. The molecule has 29 heavy (non-hydrogen) atoms. The molecule has 5 rings (SSSR count). The Balaban J connectivity index is 1.62. The number of nitrogens with one attached hydrogen (secondary N) is 1. The monoisotopic (exact) mass is 384 g/mol. The van der Waals surface area contributed by atoms with Gasteiger partial charge >= 0.3 is 0 Å². The van der Waals surface area contributed by atoms with Gasteiger partial charge in [-0.05, 0) is 47.0 Å². The zero-order valence-corrected chi connectivity index (χ0v) is 15.8. The van der Waals surface area contributed by atoms with Crippen LogP contribution < -0.4 is 5.32 Å². The minimum atomic E-state index is -0.369. The Morgan fingerprint density at radius 1 is 0.931 bits per heavy atom. The maximum atomic E-state index is 11.0. The molecule has 1 N–H and O–H groups in total. The van der Waals surface area contributed by atoms with Crippen molar-refractivity contribution in [3.8, 4) is 0 Å². The van der Waals surface area contributed by atoms with Crippen molar-refractivity contribution in [1.29, 1.82) is 0 Å². The third kappa shape index (κ3) is 3.39. The molecular formula is C23H20N4O2. The van der Waals surface area contributed by atoms with Gasteiger partial charge in [0, 0.05) is 43.0 Å². The second-order valence-electron chi connectivity index (χ2n) is 7.41. The Labute approximate surface area is 168 Å². The van der Waals surface area contributed by atoms with Gasteiger partial charge in [0.15, 0.2) is 0 Å². The van der Waals surface area contributed by atoms with Gasteiger partial charge in [-0.15, -0.1) is 0 Å². The SMILES string of the molecule is O=[N+]([O-])c1ccc(/C=C2\c3c4cccc3CN2Cc2cccc(n2)CNC4)cc1. The van der Waals surface area contributed by atoms with E-state index in [0.717, 1.165) is 48.8 Å². The summed E-state index contributed by atoms with van der Waals surface area (Å²) in [5, 5.41) is 14.5. The number of hydrogen-bond donors (Lipinski definition) is 1. The number of rotatable bonds is 2. The van der Waals surface area contributed by atoms with Crippen LogP contribution in [0.4, 0.5) is 5.69 Å². The molecule has 0 fully saturated rings. The van der Waals surface area contributed by atoms with Gasteiger partial charge in [-0.2, -0.15) is 0 Å². The Kier molecular flexibility index (Phi) is 4.33. The maximum absolute atomic E-state index is 11.0. The number of aromatic nitrogens is 1. The van der Waals surface area contributed by atoms with Gasteiger partial charge in [0.2, 0.25) is 0 Å². The van der Waals surface area contributed by atoms with Crippen LogP contribution in [0.15, 0.2) is 60.7 Å². The molecule has 2 aromatic carbocycles. The summed E-state index contributed by atoms with van der Waals surface area (Å²) in [6.45, 7) is 3.05. The zero-order chi connectivity index (χ0) is 19.8. The summed E-state index contributed by atoms with van der Waals surface area (Å²) in [4.78, 5) is 17.7. The zero-order valence-electron chi connectivity index (χ0n) is 15.8. The molecule has 2 aliphatic rings. The van der Waals surface area contributed by atoms with E-state index in [1.165, 1.54) is 16.7 Å². The van der Waals surface area contributed by atoms with Crippen molar-refractivity contribution in [1.82, 2.24) is 15.2 Å². The summed E-state index contributed by atoms with van der Waals surface area (Å²) >= 11 is 0. The fourth-order valence-electron chi connectivity index (χ4n) is 4.10. The number of nitro benzene ring substituents is 1. The minimum Gasteiger partial charge on any atom is -0.361 e. The fraction of sp³-hybridized carbons (Fsp3) is 0.174. The molecule has 0 radical (unpaired) electrons. The molecule has 0 saturated carbocycles. The lowest BCUT2D eigenvalue weighted by molar-refractivity contribution is -0.384. The smallest absolute Gasteiger partial charge is 0.269 e. The molecule has 4 bridgehead atoms. The predicted molar refractivity (Wildman–Crippen MR) is 111 cm³/mol. The third-order valence-electron chi connectivity index (χ3n) is 5.44. The van der Waals surface area contributed by atoms with Crippen LogP contribution in [0.25, 0.3) is 11.8 Å². The Morgan fingerprint density at radius 3 is 2.52 bits per heavy atom. The number of hydrogen-bond acceptors (Lipinski definition) is 5. The number of fused-ring (bicyclic) bond motifs is 3. The summed E-state index contributed by atoms with van der Waals surface area (Å²) in [7, 11) is 0. The summed E-state index contributed by atoms with van der Waals surface area (Å²) in [5.74, 6) is 0. The minimum absolute atomic E-state index is 0.104. The molecule has 0 unspecified atom stereocenters. The molecule has 3 heterocycles. The van der Waals surface area contributed by atoms with Crippen molar-refractivity contribution in [3.05, 3.63) is 104 Å². The van der Waals surface area contributed by atoms with E-state index in [4.69, 9.17) is 4.98 Å². The lowest BCUT2D eigenvalue weighted by atomic mass is 9.99. The van der Waals surface area contributed by atoms with E-state index in [9.17, 15) is 10.1 Å². The highest BCUT2D eigenvalue weighted by molar-refractivity contribution is 5.85. The molecule has 6 nitrogen and oxygen atoms in total. The molecular weight excluding hydrogens is 364 g/mol. The molecule has 3 aromatic rings. The van der Waals surface area contributed by atoms with Crippen molar-refractivity contribution in [2.75, 3.05) is 0 Å². The van der Waals surface area contributed by atoms with Crippen LogP contribution in [-0.4, -0.2) is 14.8 Å². The quantitative estimate of drug-likeness (QED) is 0.532. The van der Waals surface area contributed by atoms with E-state index < -0.39 is 0 Å². The maximum Gasteiger partial charge on any atom is 0.269 e. The first-order chi connectivity index (χ1) is 14.2. The second kappa shape index (κ2) is 7.14. The number of non-ortho nitro benzene ring substituents is 1. The number of benzene rings is 2. The third-order valence-corrected chi connectivity index (χ3v) is 5.44. The highest BCUT2D eigenvalue weighted by Gasteiger charge is 2.27. The van der Waals surface area contributed by atoms with Crippen LogP contribution >= 0.6 is 0 Å². The van der Waals surface area contributed by atoms with E-state index in [2.05, 4.69) is 52.7 Å². The molecule has 0 atom stereocenters. The van der Waals surface area contributed by atoms with Crippen LogP contribution in [0.1, 0.15) is 33.6 Å². The van der Waals surface area contributed by atoms with Crippen LogP contribution in [0.2, 0.25) is 0 Å². The molecule has 0 aliphatic carbocycles. The highest BCUT2D eigenvalue weighted by Crippen LogP contribution is 2.38. The fourth-order valence-corrected chi connectivity index (χ4v) is 4.10. The topological polar surface area (TPSA) is 71.3 Å². The van der Waals surface area contributed by atoms with Crippen LogP contribution in [-0.2, 0) is 26.2 Å². The van der Waals surface area contributed by atoms with Gasteiger partial charge in [0.1, 0.15) is 0 Å². The predicted octanol–water partition coefficient (Wildman–Crippen LogP) is 4.11. The first-order valence-corrected chi connectivity index (χ1v) is 9.65. The summed E-state index contributed by atoms with van der Waals surface area (Å²) in [5.41, 5.74) is 8.09. The molecule has 2 aliphatic heterocycles. The Bertz CT molecular complexity index is 1120. The summed E-state index contributed by atoms with van der Waals surface area (Å²) in [6.07, 6.45) is 2.13. The summed E-state index contributed by atoms with van der Waals surface area (Å²) in [6, 6.07) is 19.4. The van der Waals surface area contributed by atoms with E-state index >= 15 is 0 Å². The van der Waals surface area contributed by atoms with Gasteiger partial charge in [0.25, 0.3) is 5.69 Å². The lowest BCUT2D eigenvalue weighted by Crippen LogP contribution is -2.16. The molecule has 0 amide bonds. The second-order valence-corrected chi connectivity index (χ2v) is 7.41. The Hall–Kier alpha value is -3.51. The van der Waals surface area contributed by atoms with Crippen molar-refractivity contribution >= 4 is 17.5 Å². The molecule has 0 spiro atoms. The highest BCUT2D eigenvalue weighted by atomic mass is 16.6. The van der Waals surface area contributed by atoms with Gasteiger partial charge in [-0.1, -0.05) is 24.3 Å². The van der Waals surface area contributed by atoms with Gasteiger partial charge in [-0.25, -0.2) is 0 Å². The largest absolute Gasteiger partial charge is 0.361 e. The molecule has 144 valence electrons. The van der Waals surface area contributed by atoms with Crippen LogP contribution in [0.3, 0.4) is 0 Å². The average Bonchev–Trinajstić information content (AvgIpc) is 3.05. The van der Waals surface area contributed by atoms with E-state index in [0.29, 0.717) is 0 Å². The number of pyridine rings is 1. The summed E-state index contributed by atoms with van der Waals surface area (Å²) < 4.78 is 0. The Morgan fingerprint density at radius 2 is 1.69 bits per heavy atom. The van der Waals surface area contributed by atoms with Crippen molar-refractivity contribution in [2.45, 2.75) is 26.2 Å². The van der Waals surface area contributed by atoms with Crippen molar-refractivity contribution in [3.63, 3.8) is 0 Å². The average molecular weight is 384 g/mol. The lowest BCUT2D eigenvalue weighted by Gasteiger charge is -2.21. The first-order valence-electron chi connectivity index (χ1n) is 9.65. The van der Waals surface area contributed by atoms with E-state index in [-0.39, 0.29) is 10.6 Å².